The first kappa shape index (κ1) is 66.1. The number of nitrogens with two attached hydrogens (primary N) is 3. The third kappa shape index (κ3) is 68.0. The lowest BCUT2D eigenvalue weighted by Gasteiger charge is -2.32. The maximum atomic E-state index is 11.1. The summed E-state index contributed by atoms with van der Waals surface area (Å²) in [5.41, 5.74) is 18.9. The van der Waals surface area contributed by atoms with Gasteiger partial charge >= 0.3 is 23.9 Å². The monoisotopic (exact) mass is 912 g/mol. The molecule has 0 amide bonds. The van der Waals surface area contributed by atoms with Gasteiger partial charge in [-0.15, -0.1) is 0 Å². The molecule has 0 aromatic heterocycles. The van der Waals surface area contributed by atoms with Crippen molar-refractivity contribution < 1.29 is 89.1 Å². The van der Waals surface area contributed by atoms with Crippen molar-refractivity contribution in [3.63, 3.8) is 0 Å². The highest BCUT2D eigenvalue weighted by atomic mass is 16.4. The summed E-state index contributed by atoms with van der Waals surface area (Å²) in [6.07, 6.45) is 0.859. The van der Waals surface area contributed by atoms with E-state index in [1.165, 1.54) is 5.56 Å². The maximum absolute atomic E-state index is 11.1. The molecule has 364 valence electrons. The van der Waals surface area contributed by atoms with Gasteiger partial charge in [0.25, 0.3) is 29.8 Å². The fourth-order valence-electron chi connectivity index (χ4n) is 4.39. The number of nitrogens with zero attached hydrogens (tertiary/aromatic N) is 4. The van der Waals surface area contributed by atoms with E-state index in [4.69, 9.17) is 87.1 Å². The van der Waals surface area contributed by atoms with Crippen LogP contribution in [-0.4, -0.2) is 223 Å². The zero-order chi connectivity index (χ0) is 50.1. The first-order chi connectivity index (χ1) is 29.0. The van der Waals surface area contributed by atoms with Gasteiger partial charge in [0, 0.05) is 118 Å². The molecular weight excluding hydrogens is 844 g/mol. The first-order valence-corrected chi connectivity index (χ1v) is 18.8. The van der Waals surface area contributed by atoms with Gasteiger partial charge in [0.2, 0.25) is 0 Å². The summed E-state index contributed by atoms with van der Waals surface area (Å²) >= 11 is 0. The number of nitrogen functional groups attached to an aromatic ring is 1. The number of carboxylic acids is 9. The number of carboxylic acid groups (broad SMARTS) is 9. The van der Waals surface area contributed by atoms with E-state index in [1.54, 1.807) is 19.6 Å². The maximum Gasteiger partial charge on any atom is 0.317 e. The van der Waals surface area contributed by atoms with Crippen LogP contribution in [0.1, 0.15) is 40.2 Å². The van der Waals surface area contributed by atoms with E-state index in [1.807, 2.05) is 24.3 Å². The van der Waals surface area contributed by atoms with Crippen molar-refractivity contribution in [3.05, 3.63) is 29.8 Å². The Morgan fingerprint density at radius 2 is 0.730 bits per heavy atom. The van der Waals surface area contributed by atoms with Crippen molar-refractivity contribution in [3.8, 4) is 0 Å². The van der Waals surface area contributed by atoms with E-state index in [2.05, 4.69) is 5.32 Å². The van der Waals surface area contributed by atoms with Crippen molar-refractivity contribution in [2.45, 2.75) is 47.1 Å². The molecule has 0 unspecified atom stereocenters. The van der Waals surface area contributed by atoms with E-state index in [-0.39, 0.29) is 32.2 Å². The Balaban J connectivity index is -0.000000264. The third-order valence-electron chi connectivity index (χ3n) is 6.57. The molecule has 0 bridgehead atoms. The largest absolute Gasteiger partial charge is 0.481 e. The molecule has 16 N–H and O–H groups in total. The quantitative estimate of drug-likeness (QED) is 0.0688. The molecule has 2 rings (SSSR count). The molecule has 1 saturated heterocycles. The minimum atomic E-state index is -1.02. The van der Waals surface area contributed by atoms with Crippen LogP contribution in [0.5, 0.6) is 0 Å². The fourth-order valence-corrected chi connectivity index (χ4v) is 4.39. The minimum absolute atomic E-state index is 0.125. The molecule has 1 heterocycles. The zero-order valence-electron chi connectivity index (χ0n) is 36.4. The van der Waals surface area contributed by atoms with E-state index in [0.29, 0.717) is 58.9 Å². The third-order valence-corrected chi connectivity index (χ3v) is 6.57. The number of hydrogen-bond acceptors (Lipinski definition) is 17. The highest BCUT2D eigenvalue weighted by molar-refractivity contribution is 5.70. The molecule has 26 heteroatoms. The molecule has 0 radical (unpaired) electrons. The van der Waals surface area contributed by atoms with Crippen molar-refractivity contribution in [1.82, 2.24) is 24.9 Å². The normalized spacial score (nSPS) is 13.6. The lowest BCUT2D eigenvalue weighted by Crippen LogP contribution is -2.49. The summed E-state index contributed by atoms with van der Waals surface area (Å²) in [7, 11) is 0. The van der Waals surface area contributed by atoms with Crippen molar-refractivity contribution in [1.29, 1.82) is 0 Å². The Morgan fingerprint density at radius 3 is 0.921 bits per heavy atom. The van der Waals surface area contributed by atoms with Crippen LogP contribution >= 0.6 is 0 Å². The second-order valence-corrected chi connectivity index (χ2v) is 13.0. The molecule has 1 atom stereocenters. The zero-order valence-corrected chi connectivity index (χ0v) is 36.4. The van der Waals surface area contributed by atoms with Gasteiger partial charge in [-0.05, 0) is 24.1 Å². The summed E-state index contributed by atoms with van der Waals surface area (Å²) in [6.45, 7) is 9.20. The topological polar surface area (TPSA) is 439 Å². The minimum Gasteiger partial charge on any atom is -0.481 e. The lowest BCUT2D eigenvalue weighted by molar-refractivity contribution is -0.141. The number of anilines is 1. The van der Waals surface area contributed by atoms with Crippen molar-refractivity contribution in [2.24, 2.45) is 11.5 Å². The van der Waals surface area contributed by atoms with Gasteiger partial charge in [-0.2, -0.15) is 0 Å². The van der Waals surface area contributed by atoms with Crippen LogP contribution in [0.3, 0.4) is 0 Å². The van der Waals surface area contributed by atoms with Gasteiger partial charge in [0.15, 0.2) is 0 Å². The first-order valence-electron chi connectivity index (χ1n) is 18.8. The molecule has 1 aliphatic heterocycles. The number of hydrogen-bond donors (Lipinski definition) is 13. The Morgan fingerprint density at radius 1 is 0.508 bits per heavy atom. The van der Waals surface area contributed by atoms with Gasteiger partial charge < -0.3 is 68.5 Å². The predicted molar refractivity (Wildman–Crippen MR) is 227 cm³/mol. The summed E-state index contributed by atoms with van der Waals surface area (Å²) in [6, 6.07) is 7.95. The van der Waals surface area contributed by atoms with E-state index in [9.17, 15) is 19.2 Å². The Hall–Kier alpha value is -6.03. The van der Waals surface area contributed by atoms with Crippen molar-refractivity contribution in [2.75, 3.05) is 104 Å². The van der Waals surface area contributed by atoms with Gasteiger partial charge in [-0.1, -0.05) is 12.1 Å². The molecule has 1 fully saturated rings. The van der Waals surface area contributed by atoms with Crippen molar-refractivity contribution >= 4 is 59.4 Å². The summed E-state index contributed by atoms with van der Waals surface area (Å²) < 4.78 is 0. The summed E-state index contributed by atoms with van der Waals surface area (Å²) in [4.78, 5) is 95.9. The lowest BCUT2D eigenvalue weighted by atomic mass is 10.1. The molecule has 0 spiro atoms. The fraction of sp³-hybridized carbons (Fsp3) is 0.595. The van der Waals surface area contributed by atoms with Crippen LogP contribution in [0.15, 0.2) is 24.3 Å². The molecule has 1 aliphatic rings. The second-order valence-electron chi connectivity index (χ2n) is 13.0. The number of nitrogens with one attached hydrogen (secondary N) is 1. The number of benzene rings is 1. The second kappa shape index (κ2) is 42.7. The van der Waals surface area contributed by atoms with Crippen LogP contribution in [-0.2, 0) is 49.6 Å². The number of aliphatic carboxylic acids is 9. The highest BCUT2D eigenvalue weighted by Gasteiger charge is 2.20. The predicted octanol–water partition coefficient (Wildman–Crippen LogP) is -2.31. The van der Waals surface area contributed by atoms with Crippen LogP contribution in [0.25, 0.3) is 0 Å². The molecule has 0 saturated carbocycles. The molecule has 26 nitrogen and oxygen atoms in total. The molecule has 0 aliphatic carbocycles. The van der Waals surface area contributed by atoms with Gasteiger partial charge in [-0.3, -0.25) is 62.8 Å². The molecule has 63 heavy (non-hydrogen) atoms. The number of rotatable bonds is 14. The van der Waals surface area contributed by atoms with Gasteiger partial charge in [0.1, 0.15) is 0 Å². The van der Waals surface area contributed by atoms with Crippen LogP contribution in [0.2, 0.25) is 0 Å². The van der Waals surface area contributed by atoms with Gasteiger partial charge in [0.05, 0.1) is 26.2 Å². The molecule has 1 aromatic carbocycles. The number of carbonyl (C=O) groups is 9. The summed E-state index contributed by atoms with van der Waals surface area (Å²) in [5, 5.41) is 76.6. The van der Waals surface area contributed by atoms with Crippen LogP contribution < -0.4 is 22.5 Å². The van der Waals surface area contributed by atoms with Gasteiger partial charge in [-0.25, -0.2) is 0 Å². The average Bonchev–Trinajstić information content (AvgIpc) is 3.09. The molecular formula is C37H68N8O18. The average molecular weight is 913 g/mol. The highest BCUT2D eigenvalue weighted by Crippen LogP contribution is 2.07. The smallest absolute Gasteiger partial charge is 0.317 e. The van der Waals surface area contributed by atoms with E-state index < -0.39 is 53.7 Å². The standard InChI is InChI=1S/C16H28N4O8.C11H20N4.5C2H4O2/c21-13(22)9-17-1-2-18(10-14(23)24)5-6-20(12-16(27)28)8-7-19(4-3-17)11-15(25)26;12-5-6-15-8-11(14)7-9-1-3-10(13)4-2-9;5*1-2(3)4/h1-12H2,(H,21,22)(H,23,24)(H,25,26)(H,27,28);1-4,11,15H,5-8,12-14H2;5*1H3,(H,3,4)/t;11-;;;;;/m.0...../s1. The molecule has 1 aromatic rings. The Bertz CT molecular complexity index is 1270. The van der Waals surface area contributed by atoms with Crippen LogP contribution in [0.4, 0.5) is 5.69 Å². The SMILES string of the molecule is CC(=O)O.CC(=O)O.CC(=O)O.CC(=O)O.CC(=O)O.NCCNC[C@@H](N)Cc1ccc(N)cc1.O=C(O)CN1CCN(CC(=O)O)CCN(CC(=O)O)CCN(CC(=O)O)CC1. The Labute approximate surface area is 365 Å². The van der Waals surface area contributed by atoms with Crippen LogP contribution in [0, 0.1) is 0 Å². The van der Waals surface area contributed by atoms with E-state index >= 15 is 0 Å². The Kier molecular flexibility index (Phi) is 44.7. The van der Waals surface area contributed by atoms with E-state index in [0.717, 1.165) is 59.8 Å². The summed E-state index contributed by atoms with van der Waals surface area (Å²) in [5.74, 6) is -8.24.